The summed E-state index contributed by atoms with van der Waals surface area (Å²) < 4.78 is 38.7. The van der Waals surface area contributed by atoms with E-state index in [0.29, 0.717) is 11.4 Å². The molecular formula is C16H13F3N2. The molecule has 5 heteroatoms. The Morgan fingerprint density at radius 3 is 2.10 bits per heavy atom. The third-order valence-electron chi connectivity index (χ3n) is 2.96. The van der Waals surface area contributed by atoms with E-state index in [0.717, 1.165) is 17.2 Å². The molecule has 0 amide bonds. The molecule has 108 valence electrons. The van der Waals surface area contributed by atoms with E-state index in [1.807, 2.05) is 32.0 Å². The number of anilines is 2. The minimum Gasteiger partial charge on any atom is -0.355 e. The molecule has 0 saturated carbocycles. The summed E-state index contributed by atoms with van der Waals surface area (Å²) >= 11 is 0. The van der Waals surface area contributed by atoms with E-state index >= 15 is 0 Å². The number of nitriles is 1. The lowest BCUT2D eigenvalue weighted by atomic mass is 10.1. The molecule has 21 heavy (non-hydrogen) atoms. The molecule has 0 radical (unpaired) electrons. The molecule has 0 aliphatic rings. The maximum Gasteiger partial charge on any atom is 0.417 e. The highest BCUT2D eigenvalue weighted by Crippen LogP contribution is 2.34. The third kappa shape index (κ3) is 3.54. The SMILES string of the molecule is Cc1cc(C)cc(Nc2ccc(C#N)c(C(F)(F)F)c2)c1. The average molecular weight is 290 g/mol. The van der Waals surface area contributed by atoms with Crippen molar-refractivity contribution in [2.75, 3.05) is 5.32 Å². The van der Waals surface area contributed by atoms with Gasteiger partial charge in [-0.25, -0.2) is 0 Å². The third-order valence-corrected chi connectivity index (χ3v) is 2.96. The zero-order chi connectivity index (χ0) is 15.6. The van der Waals surface area contributed by atoms with Crippen LogP contribution in [-0.4, -0.2) is 0 Å². The van der Waals surface area contributed by atoms with Crippen molar-refractivity contribution in [3.63, 3.8) is 0 Å². The average Bonchev–Trinajstić information content (AvgIpc) is 2.36. The molecule has 2 aromatic carbocycles. The van der Waals surface area contributed by atoms with Gasteiger partial charge in [0.2, 0.25) is 0 Å². The monoisotopic (exact) mass is 290 g/mol. The van der Waals surface area contributed by atoms with Crippen LogP contribution < -0.4 is 5.32 Å². The Morgan fingerprint density at radius 2 is 1.57 bits per heavy atom. The second-order valence-corrected chi connectivity index (χ2v) is 4.87. The second kappa shape index (κ2) is 5.49. The molecule has 0 atom stereocenters. The van der Waals surface area contributed by atoms with E-state index in [4.69, 9.17) is 5.26 Å². The van der Waals surface area contributed by atoms with Gasteiger partial charge in [0.25, 0.3) is 0 Å². The number of rotatable bonds is 2. The lowest BCUT2D eigenvalue weighted by Crippen LogP contribution is -2.08. The highest BCUT2D eigenvalue weighted by molar-refractivity contribution is 5.63. The van der Waals surface area contributed by atoms with Gasteiger partial charge in [0.05, 0.1) is 17.2 Å². The van der Waals surface area contributed by atoms with Crippen molar-refractivity contribution in [3.05, 3.63) is 58.7 Å². The highest BCUT2D eigenvalue weighted by atomic mass is 19.4. The maximum absolute atomic E-state index is 12.9. The molecule has 2 rings (SSSR count). The van der Waals surface area contributed by atoms with E-state index < -0.39 is 11.7 Å². The fraction of sp³-hybridized carbons (Fsp3) is 0.188. The largest absolute Gasteiger partial charge is 0.417 e. The fourth-order valence-electron chi connectivity index (χ4n) is 2.17. The molecule has 0 bridgehead atoms. The summed E-state index contributed by atoms with van der Waals surface area (Å²) in [5, 5.41) is 11.7. The van der Waals surface area contributed by atoms with Crippen molar-refractivity contribution in [2.24, 2.45) is 0 Å². The molecular weight excluding hydrogens is 277 g/mol. The number of nitrogens with zero attached hydrogens (tertiary/aromatic N) is 1. The van der Waals surface area contributed by atoms with E-state index in [-0.39, 0.29) is 5.56 Å². The van der Waals surface area contributed by atoms with Crippen molar-refractivity contribution in [1.29, 1.82) is 5.26 Å². The van der Waals surface area contributed by atoms with Crippen LogP contribution in [0.4, 0.5) is 24.5 Å². The van der Waals surface area contributed by atoms with Crippen LogP contribution in [0.2, 0.25) is 0 Å². The van der Waals surface area contributed by atoms with Gasteiger partial charge in [-0.15, -0.1) is 0 Å². The Morgan fingerprint density at radius 1 is 0.952 bits per heavy atom. The van der Waals surface area contributed by atoms with Crippen molar-refractivity contribution in [1.82, 2.24) is 0 Å². The fourth-order valence-corrected chi connectivity index (χ4v) is 2.17. The Balaban J connectivity index is 2.40. The quantitative estimate of drug-likeness (QED) is 0.850. The molecule has 2 nitrogen and oxygen atoms in total. The summed E-state index contributed by atoms with van der Waals surface area (Å²) in [5.41, 5.74) is 1.73. The minimum atomic E-state index is -4.55. The van der Waals surface area contributed by atoms with Gasteiger partial charge >= 0.3 is 6.18 Å². The number of hydrogen-bond donors (Lipinski definition) is 1. The molecule has 0 fully saturated rings. The van der Waals surface area contributed by atoms with Gasteiger partial charge in [-0.2, -0.15) is 18.4 Å². The van der Waals surface area contributed by atoms with E-state index in [1.54, 1.807) is 6.07 Å². The predicted molar refractivity (Wildman–Crippen MR) is 75.4 cm³/mol. The van der Waals surface area contributed by atoms with Gasteiger partial charge in [-0.1, -0.05) is 6.07 Å². The van der Waals surface area contributed by atoms with Crippen LogP contribution in [0.1, 0.15) is 22.3 Å². The van der Waals surface area contributed by atoms with Gasteiger partial charge < -0.3 is 5.32 Å². The number of hydrogen-bond acceptors (Lipinski definition) is 2. The summed E-state index contributed by atoms with van der Waals surface area (Å²) in [6, 6.07) is 10.8. The first-order chi connectivity index (χ1) is 9.79. The second-order valence-electron chi connectivity index (χ2n) is 4.87. The van der Waals surface area contributed by atoms with Crippen LogP contribution in [0.25, 0.3) is 0 Å². The van der Waals surface area contributed by atoms with Gasteiger partial charge in [0.15, 0.2) is 0 Å². The van der Waals surface area contributed by atoms with Crippen molar-refractivity contribution in [3.8, 4) is 6.07 Å². The summed E-state index contributed by atoms with van der Waals surface area (Å²) in [4.78, 5) is 0. The lowest BCUT2D eigenvalue weighted by molar-refractivity contribution is -0.137. The molecule has 0 unspecified atom stereocenters. The van der Waals surface area contributed by atoms with Gasteiger partial charge in [0, 0.05) is 11.4 Å². The normalized spacial score (nSPS) is 11.0. The van der Waals surface area contributed by atoms with Crippen LogP contribution in [0, 0.1) is 25.2 Å². The Kier molecular flexibility index (Phi) is 3.90. The Labute approximate surface area is 120 Å². The van der Waals surface area contributed by atoms with E-state index in [9.17, 15) is 13.2 Å². The van der Waals surface area contributed by atoms with Crippen LogP contribution in [0.15, 0.2) is 36.4 Å². The molecule has 0 aliphatic heterocycles. The van der Waals surface area contributed by atoms with Gasteiger partial charge in [-0.3, -0.25) is 0 Å². The zero-order valence-corrected chi connectivity index (χ0v) is 11.5. The zero-order valence-electron chi connectivity index (χ0n) is 11.5. The van der Waals surface area contributed by atoms with Crippen LogP contribution in [0.5, 0.6) is 0 Å². The Bertz CT molecular complexity index is 692. The number of alkyl halides is 3. The first-order valence-corrected chi connectivity index (χ1v) is 6.26. The first kappa shape index (κ1) is 14.9. The van der Waals surface area contributed by atoms with E-state index in [2.05, 4.69) is 5.32 Å². The molecule has 0 saturated heterocycles. The highest BCUT2D eigenvalue weighted by Gasteiger charge is 2.33. The first-order valence-electron chi connectivity index (χ1n) is 6.26. The number of benzene rings is 2. The van der Waals surface area contributed by atoms with Crippen molar-refractivity contribution >= 4 is 11.4 Å². The number of aryl methyl sites for hydroxylation is 2. The molecule has 0 aliphatic carbocycles. The van der Waals surface area contributed by atoms with Crippen LogP contribution in [0.3, 0.4) is 0 Å². The van der Waals surface area contributed by atoms with E-state index in [1.165, 1.54) is 12.1 Å². The molecule has 0 spiro atoms. The maximum atomic E-state index is 12.9. The number of nitrogens with one attached hydrogen (secondary N) is 1. The number of halogens is 3. The molecule has 0 heterocycles. The van der Waals surface area contributed by atoms with Gasteiger partial charge in [-0.05, 0) is 55.3 Å². The smallest absolute Gasteiger partial charge is 0.355 e. The van der Waals surface area contributed by atoms with Crippen molar-refractivity contribution in [2.45, 2.75) is 20.0 Å². The van der Waals surface area contributed by atoms with Crippen molar-refractivity contribution < 1.29 is 13.2 Å². The molecule has 2 aromatic rings. The summed E-state index contributed by atoms with van der Waals surface area (Å²) in [6.45, 7) is 3.83. The molecule has 0 aromatic heterocycles. The minimum absolute atomic E-state index is 0.298. The lowest BCUT2D eigenvalue weighted by Gasteiger charge is -2.13. The molecule has 1 N–H and O–H groups in total. The topological polar surface area (TPSA) is 35.8 Å². The standard InChI is InChI=1S/C16H13F3N2/c1-10-5-11(2)7-14(6-10)21-13-4-3-12(9-20)15(8-13)16(17,18)19/h3-8,21H,1-2H3. The van der Waals surface area contributed by atoms with Crippen LogP contribution >= 0.6 is 0 Å². The summed E-state index contributed by atoms with van der Waals surface area (Å²) in [5.74, 6) is 0. The summed E-state index contributed by atoms with van der Waals surface area (Å²) in [7, 11) is 0. The van der Waals surface area contributed by atoms with Gasteiger partial charge in [0.1, 0.15) is 0 Å². The predicted octanol–water partition coefficient (Wildman–Crippen LogP) is 4.94. The Hall–Kier alpha value is -2.48. The summed E-state index contributed by atoms with van der Waals surface area (Å²) in [6.07, 6.45) is -4.55. The van der Waals surface area contributed by atoms with Crippen LogP contribution in [-0.2, 0) is 6.18 Å².